The van der Waals surface area contributed by atoms with Crippen molar-refractivity contribution in [1.82, 2.24) is 4.57 Å². The monoisotopic (exact) mass is 804 g/mol. The number of nitrogens with zero attached hydrogens (tertiary/aromatic N) is 2. The Morgan fingerprint density at radius 1 is 0.302 bits per heavy atom. The average molecular weight is 805 g/mol. The molecule has 0 spiro atoms. The average Bonchev–Trinajstić information content (AvgIpc) is 3.90. The molecule has 0 bridgehead atoms. The summed E-state index contributed by atoms with van der Waals surface area (Å²) in [6, 6.07) is 86.9. The molecule has 3 heteroatoms. The van der Waals surface area contributed by atoms with Gasteiger partial charge in [-0.3, -0.25) is 0 Å². The van der Waals surface area contributed by atoms with Gasteiger partial charge in [0.2, 0.25) is 0 Å². The Labute approximate surface area is 366 Å². The van der Waals surface area contributed by atoms with Crippen LogP contribution in [0.4, 0.5) is 17.1 Å². The highest BCUT2D eigenvalue weighted by Gasteiger charge is 2.23. The molecule has 2 aromatic heterocycles. The summed E-state index contributed by atoms with van der Waals surface area (Å²) in [7, 11) is 0. The lowest BCUT2D eigenvalue weighted by Gasteiger charge is -2.26. The first kappa shape index (κ1) is 36.5. The molecule has 0 amide bonds. The van der Waals surface area contributed by atoms with E-state index in [-0.39, 0.29) is 0 Å². The lowest BCUT2D eigenvalue weighted by molar-refractivity contribution is 0.669. The summed E-state index contributed by atoms with van der Waals surface area (Å²) >= 11 is 0. The van der Waals surface area contributed by atoms with E-state index in [9.17, 15) is 0 Å². The van der Waals surface area contributed by atoms with Crippen molar-refractivity contribution in [1.29, 1.82) is 0 Å². The van der Waals surface area contributed by atoms with Crippen LogP contribution in [0.2, 0.25) is 0 Å². The molecule has 0 fully saturated rings. The van der Waals surface area contributed by atoms with Crippen molar-refractivity contribution >= 4 is 60.8 Å². The largest absolute Gasteiger partial charge is 0.456 e. The Morgan fingerprint density at radius 3 is 1.25 bits per heavy atom. The molecule has 0 saturated heterocycles. The summed E-state index contributed by atoms with van der Waals surface area (Å²) in [5.41, 5.74) is 17.8. The number of aromatic nitrogens is 1. The number of fused-ring (bicyclic) bond motifs is 6. The van der Waals surface area contributed by atoms with E-state index in [0.717, 1.165) is 61.3 Å². The van der Waals surface area contributed by atoms with Gasteiger partial charge in [-0.25, -0.2) is 0 Å². The smallest absolute Gasteiger partial charge is 0.138 e. The molecular weight excluding hydrogens is 765 g/mol. The van der Waals surface area contributed by atoms with Gasteiger partial charge in [-0.05, 0) is 99.6 Å². The summed E-state index contributed by atoms with van der Waals surface area (Å²) < 4.78 is 9.10. The quantitative estimate of drug-likeness (QED) is 0.153. The van der Waals surface area contributed by atoms with Crippen LogP contribution in [0.1, 0.15) is 0 Å². The number of para-hydroxylation sites is 2. The van der Waals surface area contributed by atoms with Crippen molar-refractivity contribution in [2.24, 2.45) is 0 Å². The number of benzene rings is 10. The van der Waals surface area contributed by atoms with Gasteiger partial charge in [0.1, 0.15) is 11.2 Å². The molecule has 10 aromatic carbocycles. The van der Waals surface area contributed by atoms with Crippen molar-refractivity contribution in [3.05, 3.63) is 243 Å². The van der Waals surface area contributed by atoms with Crippen LogP contribution in [-0.4, -0.2) is 4.57 Å². The van der Waals surface area contributed by atoms with Gasteiger partial charge in [0.15, 0.2) is 0 Å². The van der Waals surface area contributed by atoms with Crippen LogP contribution >= 0.6 is 0 Å². The first-order valence-corrected chi connectivity index (χ1v) is 21.5. The summed E-state index contributed by atoms with van der Waals surface area (Å²) in [5.74, 6) is 0. The maximum Gasteiger partial charge on any atom is 0.138 e. The van der Waals surface area contributed by atoms with E-state index in [0.29, 0.717) is 0 Å². The molecular formula is C60H40N2O. The topological polar surface area (TPSA) is 21.3 Å². The highest BCUT2D eigenvalue weighted by atomic mass is 16.3. The number of anilines is 3. The van der Waals surface area contributed by atoms with E-state index < -0.39 is 0 Å². The fourth-order valence-electron chi connectivity index (χ4n) is 9.42. The molecule has 0 N–H and O–H groups in total. The van der Waals surface area contributed by atoms with Crippen molar-refractivity contribution in [3.63, 3.8) is 0 Å². The van der Waals surface area contributed by atoms with Gasteiger partial charge in [-0.2, -0.15) is 0 Å². The third kappa shape index (κ3) is 6.38. The molecule has 2 heterocycles. The molecule has 0 aliphatic carbocycles. The molecule has 12 rings (SSSR count). The summed E-state index contributed by atoms with van der Waals surface area (Å²) in [6.07, 6.45) is 0. The van der Waals surface area contributed by atoms with Crippen molar-refractivity contribution in [3.8, 4) is 50.2 Å². The van der Waals surface area contributed by atoms with Gasteiger partial charge in [0.25, 0.3) is 0 Å². The number of hydrogen-bond acceptors (Lipinski definition) is 2. The summed E-state index contributed by atoms with van der Waals surface area (Å²) in [5, 5.41) is 4.66. The first-order valence-electron chi connectivity index (χ1n) is 21.5. The number of hydrogen-bond donors (Lipinski definition) is 0. The summed E-state index contributed by atoms with van der Waals surface area (Å²) in [4.78, 5) is 2.34. The lowest BCUT2D eigenvalue weighted by Crippen LogP contribution is -2.10. The maximum absolute atomic E-state index is 6.70. The number of furan rings is 1. The second-order valence-electron chi connectivity index (χ2n) is 16.1. The molecule has 0 saturated carbocycles. The third-order valence-electron chi connectivity index (χ3n) is 12.4. The molecule has 0 radical (unpaired) electrons. The van der Waals surface area contributed by atoms with E-state index in [1.54, 1.807) is 0 Å². The maximum atomic E-state index is 6.70. The molecule has 0 atom stereocenters. The zero-order valence-electron chi connectivity index (χ0n) is 34.4. The minimum Gasteiger partial charge on any atom is -0.456 e. The second kappa shape index (κ2) is 15.3. The van der Waals surface area contributed by atoms with Crippen LogP contribution < -0.4 is 4.90 Å². The Bertz CT molecular complexity index is 3470. The van der Waals surface area contributed by atoms with Crippen molar-refractivity contribution < 1.29 is 4.42 Å². The van der Waals surface area contributed by atoms with Crippen LogP contribution in [0.15, 0.2) is 247 Å². The minimum atomic E-state index is 0.871. The van der Waals surface area contributed by atoms with Crippen molar-refractivity contribution in [2.75, 3.05) is 4.90 Å². The standard InChI is InChI=1S/C60H40N2O/c1-4-14-41(15-5-1)44-24-26-47(27-25-44)58-59-52-20-10-12-22-54(52)62(55(59)40-57-60(58)53-21-11-13-23-56(53)63-57)51-38-36-50(37-39-51)61(48-32-28-45(29-33-48)42-16-6-2-7-17-42)49-34-30-46(31-35-49)43-18-8-3-9-19-43/h1-40H. The first-order chi connectivity index (χ1) is 31.2. The van der Waals surface area contributed by atoms with Crippen molar-refractivity contribution in [2.45, 2.75) is 0 Å². The zero-order valence-corrected chi connectivity index (χ0v) is 34.4. The fraction of sp³-hybridized carbons (Fsp3) is 0. The molecule has 0 aliphatic heterocycles. The van der Waals surface area contributed by atoms with E-state index in [4.69, 9.17) is 4.42 Å². The summed E-state index contributed by atoms with van der Waals surface area (Å²) in [6.45, 7) is 0. The Hall–Kier alpha value is -8.40. The highest BCUT2D eigenvalue weighted by Crippen LogP contribution is 2.47. The molecule has 3 nitrogen and oxygen atoms in total. The molecule has 296 valence electrons. The SMILES string of the molecule is c1ccc(-c2ccc(-c3c4c(cc5c3c3ccccc3n5-c3ccc(N(c5ccc(-c6ccccc6)cc5)c5ccc(-c6ccccc6)cc5)cc3)oc3ccccc34)cc2)cc1. The molecule has 0 aliphatic rings. The van der Waals surface area contributed by atoms with Gasteiger partial charge < -0.3 is 13.9 Å². The van der Waals surface area contributed by atoms with Gasteiger partial charge >= 0.3 is 0 Å². The van der Waals surface area contributed by atoms with Crippen LogP contribution in [0.25, 0.3) is 93.9 Å². The highest BCUT2D eigenvalue weighted by molar-refractivity contribution is 6.27. The van der Waals surface area contributed by atoms with Gasteiger partial charge in [0.05, 0.1) is 11.0 Å². The fourth-order valence-corrected chi connectivity index (χ4v) is 9.42. The van der Waals surface area contributed by atoms with Gasteiger partial charge in [-0.1, -0.05) is 176 Å². The molecule has 12 aromatic rings. The van der Waals surface area contributed by atoms with E-state index >= 15 is 0 Å². The van der Waals surface area contributed by atoms with Crippen LogP contribution in [0.5, 0.6) is 0 Å². The number of rotatable bonds is 8. The Morgan fingerprint density at radius 2 is 0.714 bits per heavy atom. The Kier molecular flexibility index (Phi) is 8.83. The molecule has 63 heavy (non-hydrogen) atoms. The van der Waals surface area contributed by atoms with Crippen LogP contribution in [-0.2, 0) is 0 Å². The molecule has 0 unspecified atom stereocenters. The van der Waals surface area contributed by atoms with Crippen LogP contribution in [0, 0.1) is 0 Å². The second-order valence-corrected chi connectivity index (χ2v) is 16.1. The zero-order chi connectivity index (χ0) is 41.7. The Balaban J connectivity index is 1.02. The third-order valence-corrected chi connectivity index (χ3v) is 12.4. The van der Waals surface area contributed by atoms with E-state index in [1.165, 1.54) is 49.7 Å². The predicted molar refractivity (Wildman–Crippen MR) is 264 cm³/mol. The van der Waals surface area contributed by atoms with Gasteiger partial charge in [-0.15, -0.1) is 0 Å². The normalized spacial score (nSPS) is 11.5. The predicted octanol–water partition coefficient (Wildman–Crippen LogP) is 16.8. The lowest BCUT2D eigenvalue weighted by atomic mass is 9.93. The van der Waals surface area contributed by atoms with E-state index in [2.05, 4.69) is 252 Å². The van der Waals surface area contributed by atoms with E-state index in [1.807, 2.05) is 0 Å². The minimum absolute atomic E-state index is 0.871. The van der Waals surface area contributed by atoms with Crippen LogP contribution in [0.3, 0.4) is 0 Å². The van der Waals surface area contributed by atoms with Gasteiger partial charge in [0, 0.05) is 55.9 Å².